The number of hydrogen-bond acceptors (Lipinski definition) is 6. The summed E-state index contributed by atoms with van der Waals surface area (Å²) in [7, 11) is 0. The molecule has 6 heteroatoms. The summed E-state index contributed by atoms with van der Waals surface area (Å²) < 4.78 is 26.4. The van der Waals surface area contributed by atoms with Gasteiger partial charge in [0.05, 0.1) is 46.2 Å². The Morgan fingerprint density at radius 1 is 0.870 bits per heavy atom. The molecule has 0 saturated heterocycles. The van der Waals surface area contributed by atoms with E-state index in [-0.39, 0.29) is 6.61 Å². The first-order chi connectivity index (χ1) is 11.1. The van der Waals surface area contributed by atoms with Crippen LogP contribution in [0.3, 0.4) is 0 Å². The fraction of sp³-hybridized carbons (Fsp3) is 0.824. The molecule has 136 valence electrons. The van der Waals surface area contributed by atoms with Gasteiger partial charge in [-0.1, -0.05) is 26.8 Å². The van der Waals surface area contributed by atoms with E-state index in [0.29, 0.717) is 57.7 Å². The summed E-state index contributed by atoms with van der Waals surface area (Å²) in [4.78, 5) is 11.1. The van der Waals surface area contributed by atoms with Crippen LogP contribution < -0.4 is 0 Å². The molecule has 0 N–H and O–H groups in total. The molecule has 0 aromatic heterocycles. The maximum Gasteiger partial charge on any atom is 0.333 e. The van der Waals surface area contributed by atoms with Gasteiger partial charge in [0.1, 0.15) is 6.61 Å². The standard InChI is InChI=1S/C17H32O6/c1-5-16(4)14-22-11-10-20-7-6-19-8-9-21-12-13-23-17(18)15(2)3/h16H,2,5-14H2,1,3-4H3. The number of hydrogen-bond donors (Lipinski definition) is 0. The Morgan fingerprint density at radius 2 is 1.30 bits per heavy atom. The van der Waals surface area contributed by atoms with Crippen LogP contribution in [0.25, 0.3) is 0 Å². The topological polar surface area (TPSA) is 63.2 Å². The lowest BCUT2D eigenvalue weighted by molar-refractivity contribution is -0.140. The predicted octanol–water partition coefficient (Wildman–Crippen LogP) is 2.22. The van der Waals surface area contributed by atoms with E-state index in [4.69, 9.17) is 23.7 Å². The van der Waals surface area contributed by atoms with E-state index in [1.165, 1.54) is 0 Å². The van der Waals surface area contributed by atoms with E-state index in [2.05, 4.69) is 20.4 Å². The lowest BCUT2D eigenvalue weighted by atomic mass is 10.1. The van der Waals surface area contributed by atoms with Gasteiger partial charge in [0, 0.05) is 12.2 Å². The summed E-state index contributed by atoms with van der Waals surface area (Å²) >= 11 is 0. The summed E-state index contributed by atoms with van der Waals surface area (Å²) in [5, 5.41) is 0. The van der Waals surface area contributed by atoms with Gasteiger partial charge in [0.15, 0.2) is 0 Å². The Kier molecular flexibility index (Phi) is 15.3. The molecule has 0 aromatic carbocycles. The molecule has 0 aliphatic rings. The molecule has 6 nitrogen and oxygen atoms in total. The van der Waals surface area contributed by atoms with Crippen LogP contribution in [0.5, 0.6) is 0 Å². The summed E-state index contributed by atoms with van der Waals surface area (Å²) in [5.74, 6) is 0.206. The van der Waals surface area contributed by atoms with Crippen molar-refractivity contribution in [2.45, 2.75) is 27.2 Å². The van der Waals surface area contributed by atoms with Crippen molar-refractivity contribution in [2.75, 3.05) is 59.5 Å². The maximum atomic E-state index is 11.1. The molecule has 0 heterocycles. The molecular weight excluding hydrogens is 300 g/mol. The quantitative estimate of drug-likeness (QED) is 0.245. The number of ether oxygens (including phenoxy) is 5. The number of rotatable bonds is 16. The molecule has 1 unspecified atom stereocenters. The maximum absolute atomic E-state index is 11.1. The normalized spacial score (nSPS) is 12.1. The molecule has 0 amide bonds. The molecule has 0 aromatic rings. The Labute approximate surface area is 140 Å². The van der Waals surface area contributed by atoms with Gasteiger partial charge >= 0.3 is 5.97 Å². The lowest BCUT2D eigenvalue weighted by Gasteiger charge is -2.10. The van der Waals surface area contributed by atoms with Crippen LogP contribution in [0.2, 0.25) is 0 Å². The molecular formula is C17H32O6. The van der Waals surface area contributed by atoms with Crippen molar-refractivity contribution >= 4 is 5.97 Å². The van der Waals surface area contributed by atoms with Gasteiger partial charge in [-0.3, -0.25) is 0 Å². The molecule has 0 bridgehead atoms. The zero-order valence-corrected chi connectivity index (χ0v) is 14.8. The molecule has 0 aliphatic heterocycles. The first kappa shape index (κ1) is 22.1. The van der Waals surface area contributed by atoms with Gasteiger partial charge in [0.2, 0.25) is 0 Å². The van der Waals surface area contributed by atoms with E-state index < -0.39 is 5.97 Å². The van der Waals surface area contributed by atoms with E-state index in [1.807, 2.05) is 0 Å². The van der Waals surface area contributed by atoms with E-state index in [1.54, 1.807) is 6.92 Å². The van der Waals surface area contributed by atoms with E-state index >= 15 is 0 Å². The minimum Gasteiger partial charge on any atom is -0.460 e. The van der Waals surface area contributed by atoms with Gasteiger partial charge < -0.3 is 23.7 Å². The zero-order valence-electron chi connectivity index (χ0n) is 14.8. The first-order valence-electron chi connectivity index (χ1n) is 8.21. The van der Waals surface area contributed by atoms with Crippen LogP contribution in [0, 0.1) is 5.92 Å². The molecule has 0 spiro atoms. The monoisotopic (exact) mass is 332 g/mol. The van der Waals surface area contributed by atoms with Crippen LogP contribution in [0.1, 0.15) is 27.2 Å². The third-order valence-corrected chi connectivity index (χ3v) is 3.02. The molecule has 0 radical (unpaired) electrons. The Bertz CT molecular complexity index is 305. The Balaban J connectivity index is 3.11. The first-order valence-corrected chi connectivity index (χ1v) is 8.21. The molecule has 1 atom stereocenters. The summed E-state index contributed by atoms with van der Waals surface area (Å²) in [6, 6.07) is 0. The SMILES string of the molecule is C=C(C)C(=O)OCCOCCOCCOCCOCC(C)CC. The third kappa shape index (κ3) is 15.7. The van der Waals surface area contributed by atoms with Gasteiger partial charge in [-0.25, -0.2) is 4.79 Å². The molecule has 0 aliphatic carbocycles. The number of esters is 1. The van der Waals surface area contributed by atoms with Crippen LogP contribution in [0.15, 0.2) is 12.2 Å². The van der Waals surface area contributed by atoms with E-state index in [0.717, 1.165) is 13.0 Å². The highest BCUT2D eigenvalue weighted by molar-refractivity contribution is 5.86. The van der Waals surface area contributed by atoms with Crippen molar-refractivity contribution in [1.82, 2.24) is 0 Å². The highest BCUT2D eigenvalue weighted by Crippen LogP contribution is 1.99. The highest BCUT2D eigenvalue weighted by atomic mass is 16.6. The third-order valence-electron chi connectivity index (χ3n) is 3.02. The fourth-order valence-corrected chi connectivity index (χ4v) is 1.38. The second-order valence-corrected chi connectivity index (χ2v) is 5.34. The van der Waals surface area contributed by atoms with Crippen molar-refractivity contribution in [3.63, 3.8) is 0 Å². The van der Waals surface area contributed by atoms with Crippen LogP contribution in [-0.4, -0.2) is 65.4 Å². The number of carbonyl (C=O) groups is 1. The van der Waals surface area contributed by atoms with Crippen molar-refractivity contribution in [2.24, 2.45) is 5.92 Å². The zero-order chi connectivity index (χ0) is 17.3. The molecule has 0 fully saturated rings. The minimum atomic E-state index is -0.393. The fourth-order valence-electron chi connectivity index (χ4n) is 1.38. The average molecular weight is 332 g/mol. The Morgan fingerprint density at radius 3 is 1.74 bits per heavy atom. The Hall–Kier alpha value is -0.950. The second-order valence-electron chi connectivity index (χ2n) is 5.34. The average Bonchev–Trinajstić information content (AvgIpc) is 2.54. The van der Waals surface area contributed by atoms with Gasteiger partial charge in [-0.15, -0.1) is 0 Å². The summed E-state index contributed by atoms with van der Waals surface area (Å²) in [5.41, 5.74) is 0.388. The van der Waals surface area contributed by atoms with Crippen LogP contribution in [0.4, 0.5) is 0 Å². The largest absolute Gasteiger partial charge is 0.460 e. The predicted molar refractivity (Wildman–Crippen MR) is 88.5 cm³/mol. The molecule has 0 rings (SSSR count). The van der Waals surface area contributed by atoms with Crippen LogP contribution in [-0.2, 0) is 28.5 Å². The van der Waals surface area contributed by atoms with Crippen molar-refractivity contribution in [1.29, 1.82) is 0 Å². The van der Waals surface area contributed by atoms with Crippen LogP contribution >= 0.6 is 0 Å². The molecule has 0 saturated carbocycles. The van der Waals surface area contributed by atoms with Gasteiger partial charge in [0.25, 0.3) is 0 Å². The van der Waals surface area contributed by atoms with Gasteiger partial charge in [-0.2, -0.15) is 0 Å². The second kappa shape index (κ2) is 15.9. The lowest BCUT2D eigenvalue weighted by Crippen LogP contribution is -2.15. The van der Waals surface area contributed by atoms with Crippen molar-refractivity contribution in [3.05, 3.63) is 12.2 Å². The summed E-state index contributed by atoms with van der Waals surface area (Å²) in [6.45, 7) is 14.0. The van der Waals surface area contributed by atoms with E-state index in [9.17, 15) is 4.79 Å². The number of carbonyl (C=O) groups excluding carboxylic acids is 1. The minimum absolute atomic E-state index is 0.228. The van der Waals surface area contributed by atoms with Crippen molar-refractivity contribution in [3.8, 4) is 0 Å². The highest BCUT2D eigenvalue weighted by Gasteiger charge is 2.01. The molecule has 23 heavy (non-hydrogen) atoms. The smallest absolute Gasteiger partial charge is 0.333 e. The summed E-state index contributed by atoms with van der Waals surface area (Å²) in [6.07, 6.45) is 1.13. The van der Waals surface area contributed by atoms with Gasteiger partial charge in [-0.05, 0) is 12.8 Å². The van der Waals surface area contributed by atoms with Crippen molar-refractivity contribution < 1.29 is 28.5 Å².